The van der Waals surface area contributed by atoms with E-state index in [9.17, 15) is 4.79 Å². The summed E-state index contributed by atoms with van der Waals surface area (Å²) in [7, 11) is 1.82. The molecule has 2 atom stereocenters. The number of nitrogens with one attached hydrogen (secondary N) is 2. The van der Waals surface area contributed by atoms with E-state index in [1.165, 1.54) is 0 Å². The second kappa shape index (κ2) is 4.53. The van der Waals surface area contributed by atoms with Gasteiger partial charge in [0.2, 0.25) is 0 Å². The first-order valence-corrected chi connectivity index (χ1v) is 6.57. The Morgan fingerprint density at radius 3 is 2.79 bits per heavy atom. The fourth-order valence-corrected chi connectivity index (χ4v) is 2.27. The second-order valence-electron chi connectivity index (χ2n) is 5.12. The van der Waals surface area contributed by atoms with Crippen molar-refractivity contribution in [1.82, 2.24) is 10.3 Å². The van der Waals surface area contributed by atoms with Crippen LogP contribution in [0, 0.1) is 5.92 Å². The van der Waals surface area contributed by atoms with Gasteiger partial charge in [-0.15, -0.1) is 0 Å². The average Bonchev–Trinajstić information content (AvgIpc) is 3.12. The van der Waals surface area contributed by atoms with E-state index < -0.39 is 0 Å². The molecule has 1 amide bonds. The van der Waals surface area contributed by atoms with Gasteiger partial charge in [-0.25, -0.2) is 4.98 Å². The third-order valence-electron chi connectivity index (χ3n) is 3.64. The largest absolute Gasteiger partial charge is 0.373 e. The summed E-state index contributed by atoms with van der Waals surface area (Å²) in [6.07, 6.45) is 1.07. The van der Waals surface area contributed by atoms with E-state index in [4.69, 9.17) is 0 Å². The third-order valence-corrected chi connectivity index (χ3v) is 3.64. The molecule has 2 unspecified atom stereocenters. The minimum atomic E-state index is -0.0865. The molecule has 1 aliphatic rings. The number of hydrogen-bond donors (Lipinski definition) is 2. The minimum Gasteiger partial charge on any atom is -0.373 e. The van der Waals surface area contributed by atoms with Crippen LogP contribution < -0.4 is 10.6 Å². The predicted molar refractivity (Wildman–Crippen MR) is 76.3 cm³/mol. The summed E-state index contributed by atoms with van der Waals surface area (Å²) in [5.41, 5.74) is 0.474. The molecule has 1 fully saturated rings. The van der Waals surface area contributed by atoms with E-state index in [-0.39, 0.29) is 5.91 Å². The average molecular weight is 255 g/mol. The van der Waals surface area contributed by atoms with Crippen molar-refractivity contribution in [2.75, 3.05) is 12.4 Å². The zero-order chi connectivity index (χ0) is 13.4. The van der Waals surface area contributed by atoms with Crippen LogP contribution in [-0.4, -0.2) is 24.0 Å². The number of hydrogen-bond acceptors (Lipinski definition) is 3. The molecule has 3 rings (SSSR count). The van der Waals surface area contributed by atoms with Gasteiger partial charge >= 0.3 is 0 Å². The summed E-state index contributed by atoms with van der Waals surface area (Å²) >= 11 is 0. The van der Waals surface area contributed by atoms with Crippen molar-refractivity contribution < 1.29 is 4.79 Å². The molecule has 1 heterocycles. The Balaban J connectivity index is 1.97. The second-order valence-corrected chi connectivity index (χ2v) is 5.12. The van der Waals surface area contributed by atoms with Gasteiger partial charge in [0, 0.05) is 18.5 Å². The Morgan fingerprint density at radius 1 is 1.37 bits per heavy atom. The molecule has 1 saturated carbocycles. The molecule has 1 aromatic carbocycles. The Hall–Kier alpha value is -2.10. The molecule has 2 N–H and O–H groups in total. The van der Waals surface area contributed by atoms with E-state index in [0.717, 1.165) is 23.0 Å². The molecule has 1 aliphatic carbocycles. The highest BCUT2D eigenvalue weighted by atomic mass is 16.2. The molecule has 0 radical (unpaired) electrons. The first-order valence-electron chi connectivity index (χ1n) is 6.57. The smallest absolute Gasteiger partial charge is 0.270 e. The number of anilines is 1. The van der Waals surface area contributed by atoms with Crippen LogP contribution in [-0.2, 0) is 0 Å². The molecule has 2 aromatic rings. The Morgan fingerprint density at radius 2 is 2.11 bits per heavy atom. The first-order chi connectivity index (χ1) is 9.19. The van der Waals surface area contributed by atoms with Crippen molar-refractivity contribution in [3.05, 3.63) is 36.0 Å². The Bertz CT molecular complexity index is 638. The van der Waals surface area contributed by atoms with Crippen LogP contribution in [0.4, 0.5) is 5.82 Å². The van der Waals surface area contributed by atoms with Gasteiger partial charge in [0.1, 0.15) is 11.5 Å². The summed E-state index contributed by atoms with van der Waals surface area (Å²) in [5.74, 6) is 1.25. The zero-order valence-corrected chi connectivity index (χ0v) is 11.1. The van der Waals surface area contributed by atoms with E-state index >= 15 is 0 Å². The van der Waals surface area contributed by atoms with Crippen LogP contribution in [0.2, 0.25) is 0 Å². The standard InChI is InChI=1S/C15H17N3O/c1-9-7-12(9)18-15(19)13-8-10-5-3-4-6-11(10)14(16-2)17-13/h3-6,8-9,12H,7H2,1-2H3,(H,16,17)(H,18,19). The van der Waals surface area contributed by atoms with Gasteiger partial charge in [-0.2, -0.15) is 0 Å². The monoisotopic (exact) mass is 255 g/mol. The quantitative estimate of drug-likeness (QED) is 0.885. The Kier molecular flexibility index (Phi) is 2.85. The number of carbonyl (C=O) groups excluding carboxylic acids is 1. The maximum atomic E-state index is 12.2. The molecule has 0 aliphatic heterocycles. The number of aromatic nitrogens is 1. The third kappa shape index (κ3) is 2.26. The van der Waals surface area contributed by atoms with E-state index in [1.807, 2.05) is 37.4 Å². The number of carbonyl (C=O) groups is 1. The summed E-state index contributed by atoms with van der Waals surface area (Å²) < 4.78 is 0. The van der Waals surface area contributed by atoms with Gasteiger partial charge in [-0.3, -0.25) is 4.79 Å². The van der Waals surface area contributed by atoms with Crippen LogP contribution in [0.3, 0.4) is 0 Å². The fourth-order valence-electron chi connectivity index (χ4n) is 2.27. The SMILES string of the molecule is CNc1nc(C(=O)NC2CC2C)cc2ccccc12. The van der Waals surface area contributed by atoms with Crippen molar-refractivity contribution in [3.8, 4) is 0 Å². The van der Waals surface area contributed by atoms with E-state index in [1.54, 1.807) is 0 Å². The number of amides is 1. The lowest BCUT2D eigenvalue weighted by molar-refractivity contribution is 0.0944. The Labute approximate surface area is 112 Å². The summed E-state index contributed by atoms with van der Waals surface area (Å²) in [5, 5.41) is 8.11. The fraction of sp³-hybridized carbons (Fsp3) is 0.333. The van der Waals surface area contributed by atoms with Crippen molar-refractivity contribution in [2.24, 2.45) is 5.92 Å². The molecular formula is C15H17N3O. The van der Waals surface area contributed by atoms with Crippen LogP contribution in [0.25, 0.3) is 10.8 Å². The van der Waals surface area contributed by atoms with Gasteiger partial charge in [-0.1, -0.05) is 31.2 Å². The highest BCUT2D eigenvalue weighted by Gasteiger charge is 2.34. The van der Waals surface area contributed by atoms with Gasteiger partial charge in [0.05, 0.1) is 0 Å². The molecule has 0 saturated heterocycles. The summed E-state index contributed by atoms with van der Waals surface area (Å²) in [6.45, 7) is 2.14. The molecule has 4 heteroatoms. The first kappa shape index (κ1) is 12.0. The van der Waals surface area contributed by atoms with Gasteiger partial charge < -0.3 is 10.6 Å². The molecule has 19 heavy (non-hydrogen) atoms. The number of fused-ring (bicyclic) bond motifs is 1. The van der Waals surface area contributed by atoms with Crippen molar-refractivity contribution in [3.63, 3.8) is 0 Å². The van der Waals surface area contributed by atoms with Crippen LogP contribution in [0.15, 0.2) is 30.3 Å². The van der Waals surface area contributed by atoms with E-state index in [2.05, 4.69) is 22.5 Å². The number of pyridine rings is 1. The molecule has 0 spiro atoms. The summed E-state index contributed by atoms with van der Waals surface area (Å²) in [6, 6.07) is 10.1. The topological polar surface area (TPSA) is 54.0 Å². The number of nitrogens with zero attached hydrogens (tertiary/aromatic N) is 1. The highest BCUT2D eigenvalue weighted by Crippen LogP contribution is 2.29. The normalized spacial score (nSPS) is 21.2. The van der Waals surface area contributed by atoms with Crippen molar-refractivity contribution in [2.45, 2.75) is 19.4 Å². The van der Waals surface area contributed by atoms with E-state index in [0.29, 0.717) is 17.7 Å². The van der Waals surface area contributed by atoms with Gasteiger partial charge in [-0.05, 0) is 23.8 Å². The van der Waals surface area contributed by atoms with Crippen molar-refractivity contribution in [1.29, 1.82) is 0 Å². The molecule has 4 nitrogen and oxygen atoms in total. The summed E-state index contributed by atoms with van der Waals surface area (Å²) in [4.78, 5) is 16.6. The molecular weight excluding hydrogens is 238 g/mol. The number of rotatable bonds is 3. The minimum absolute atomic E-state index is 0.0865. The van der Waals surface area contributed by atoms with Crippen LogP contribution in [0.5, 0.6) is 0 Å². The van der Waals surface area contributed by atoms with Crippen molar-refractivity contribution >= 4 is 22.5 Å². The predicted octanol–water partition coefficient (Wildman–Crippen LogP) is 2.41. The maximum Gasteiger partial charge on any atom is 0.270 e. The van der Waals surface area contributed by atoms with Gasteiger partial charge in [0.15, 0.2) is 0 Å². The lowest BCUT2D eigenvalue weighted by Gasteiger charge is -2.09. The lowest BCUT2D eigenvalue weighted by atomic mass is 10.1. The number of benzene rings is 1. The molecule has 1 aromatic heterocycles. The molecule has 98 valence electrons. The lowest BCUT2D eigenvalue weighted by Crippen LogP contribution is -2.27. The maximum absolute atomic E-state index is 12.2. The van der Waals surface area contributed by atoms with Crippen LogP contribution in [0.1, 0.15) is 23.8 Å². The highest BCUT2D eigenvalue weighted by molar-refractivity contribution is 6.00. The molecule has 0 bridgehead atoms. The van der Waals surface area contributed by atoms with Gasteiger partial charge in [0.25, 0.3) is 5.91 Å². The zero-order valence-electron chi connectivity index (χ0n) is 11.1. The van der Waals surface area contributed by atoms with Crippen LogP contribution >= 0.6 is 0 Å².